The summed E-state index contributed by atoms with van der Waals surface area (Å²) in [5, 5.41) is 4.08. The Morgan fingerprint density at radius 1 is 1.04 bits per heavy atom. The minimum Gasteiger partial charge on any atom is -0.382 e. The van der Waals surface area contributed by atoms with E-state index >= 15 is 0 Å². The molecule has 2 fully saturated rings. The summed E-state index contributed by atoms with van der Waals surface area (Å²) in [6.07, 6.45) is 4.83. The highest BCUT2D eigenvalue weighted by Crippen LogP contribution is 2.28. The lowest BCUT2D eigenvalue weighted by molar-refractivity contribution is -0.147. The maximum atomic E-state index is 12.8. The molecule has 2 saturated heterocycles. The van der Waals surface area contributed by atoms with E-state index in [1.807, 2.05) is 21.9 Å². The standard InChI is InChI=1S/C19H24ClN3O3S/c20-17-5-4-16(27-17)14-12-15(26-21-14)19(25)23-10-6-13(7-11-23)18(24)22-8-2-1-3-9-22/h4-5,13,15H,1-3,6-12H2. The number of oxime groups is 1. The van der Waals surface area contributed by atoms with Crippen LogP contribution < -0.4 is 0 Å². The first-order chi connectivity index (χ1) is 13.1. The molecule has 2 amide bonds. The Labute approximate surface area is 168 Å². The molecule has 4 rings (SSSR count). The Balaban J connectivity index is 1.27. The summed E-state index contributed by atoms with van der Waals surface area (Å²) >= 11 is 7.41. The van der Waals surface area contributed by atoms with Gasteiger partial charge in [0, 0.05) is 38.5 Å². The molecule has 0 spiro atoms. The number of hydrogen-bond donors (Lipinski definition) is 0. The second kappa shape index (κ2) is 8.19. The molecule has 6 nitrogen and oxygen atoms in total. The predicted octanol–water partition coefficient (Wildman–Crippen LogP) is 3.15. The van der Waals surface area contributed by atoms with Crippen molar-refractivity contribution in [3.63, 3.8) is 0 Å². The number of rotatable bonds is 3. The third-order valence-electron chi connectivity index (χ3n) is 5.63. The van der Waals surface area contributed by atoms with Crippen LogP contribution in [0.15, 0.2) is 17.3 Å². The van der Waals surface area contributed by atoms with Crippen molar-refractivity contribution in [3.8, 4) is 0 Å². The highest BCUT2D eigenvalue weighted by Gasteiger charge is 2.36. The fourth-order valence-electron chi connectivity index (χ4n) is 4.05. The van der Waals surface area contributed by atoms with Crippen LogP contribution in [0.25, 0.3) is 0 Å². The van der Waals surface area contributed by atoms with Crippen molar-refractivity contribution in [2.45, 2.75) is 44.6 Å². The minimum absolute atomic E-state index is 0.0275. The van der Waals surface area contributed by atoms with Crippen LogP contribution >= 0.6 is 22.9 Å². The molecule has 3 aliphatic rings. The highest BCUT2D eigenvalue weighted by molar-refractivity contribution is 7.18. The smallest absolute Gasteiger partial charge is 0.266 e. The fourth-order valence-corrected chi connectivity index (χ4v) is 5.08. The first-order valence-corrected chi connectivity index (χ1v) is 10.9. The van der Waals surface area contributed by atoms with Gasteiger partial charge in [0.2, 0.25) is 12.0 Å². The molecule has 0 radical (unpaired) electrons. The molecule has 8 heteroatoms. The third-order valence-corrected chi connectivity index (χ3v) is 6.91. The molecular weight excluding hydrogens is 386 g/mol. The van der Waals surface area contributed by atoms with Crippen molar-refractivity contribution in [1.29, 1.82) is 0 Å². The van der Waals surface area contributed by atoms with E-state index in [-0.39, 0.29) is 17.7 Å². The summed E-state index contributed by atoms with van der Waals surface area (Å²) in [5.41, 5.74) is 0.778. The van der Waals surface area contributed by atoms with Crippen LogP contribution in [0.5, 0.6) is 0 Å². The summed E-state index contributed by atoms with van der Waals surface area (Å²) in [7, 11) is 0. The van der Waals surface area contributed by atoms with Gasteiger partial charge in [0.15, 0.2) is 0 Å². The lowest BCUT2D eigenvalue weighted by Gasteiger charge is -2.36. The van der Waals surface area contributed by atoms with Crippen molar-refractivity contribution >= 4 is 40.5 Å². The second-order valence-electron chi connectivity index (χ2n) is 7.43. The molecule has 146 valence electrons. The number of likely N-dealkylation sites (tertiary alicyclic amines) is 2. The van der Waals surface area contributed by atoms with Gasteiger partial charge in [0.25, 0.3) is 5.91 Å². The minimum atomic E-state index is -0.560. The highest BCUT2D eigenvalue weighted by atomic mass is 35.5. The van der Waals surface area contributed by atoms with Gasteiger partial charge in [-0.2, -0.15) is 0 Å². The molecule has 0 bridgehead atoms. The van der Waals surface area contributed by atoms with Crippen LogP contribution in [-0.4, -0.2) is 59.6 Å². The van der Waals surface area contributed by atoms with Crippen LogP contribution in [-0.2, 0) is 14.4 Å². The number of nitrogens with zero attached hydrogens (tertiary/aromatic N) is 3. The zero-order valence-corrected chi connectivity index (χ0v) is 16.8. The lowest BCUT2D eigenvalue weighted by Crippen LogP contribution is -2.48. The average molecular weight is 410 g/mol. The molecule has 1 aromatic rings. The molecule has 0 aliphatic carbocycles. The van der Waals surface area contributed by atoms with Crippen LogP contribution in [0.2, 0.25) is 4.34 Å². The maximum absolute atomic E-state index is 12.8. The summed E-state index contributed by atoms with van der Waals surface area (Å²) in [4.78, 5) is 35.6. The Bertz CT molecular complexity index is 736. The summed E-state index contributed by atoms with van der Waals surface area (Å²) in [6, 6.07) is 3.73. The van der Waals surface area contributed by atoms with Crippen molar-refractivity contribution in [2.24, 2.45) is 11.1 Å². The predicted molar refractivity (Wildman–Crippen MR) is 105 cm³/mol. The van der Waals surface area contributed by atoms with E-state index in [0.717, 1.165) is 49.4 Å². The van der Waals surface area contributed by atoms with Gasteiger partial charge in [-0.15, -0.1) is 11.3 Å². The zero-order chi connectivity index (χ0) is 18.8. The summed E-state index contributed by atoms with van der Waals surface area (Å²) in [5.74, 6) is 0.302. The van der Waals surface area contributed by atoms with Gasteiger partial charge < -0.3 is 14.6 Å². The van der Waals surface area contributed by atoms with Crippen molar-refractivity contribution in [1.82, 2.24) is 9.80 Å². The zero-order valence-electron chi connectivity index (χ0n) is 15.2. The number of thiophene rings is 1. The van der Waals surface area contributed by atoms with Gasteiger partial charge in [-0.3, -0.25) is 9.59 Å². The Hall–Kier alpha value is -1.60. The van der Waals surface area contributed by atoms with Gasteiger partial charge in [-0.1, -0.05) is 16.8 Å². The molecule has 0 saturated carbocycles. The van der Waals surface area contributed by atoms with Crippen molar-refractivity contribution in [3.05, 3.63) is 21.3 Å². The SMILES string of the molecule is O=C(C1CCN(C(=O)C2CC(c3ccc(Cl)s3)=NO2)CC1)N1CCCCC1. The largest absolute Gasteiger partial charge is 0.382 e. The third kappa shape index (κ3) is 4.14. The molecule has 0 aromatic carbocycles. The number of piperidine rings is 2. The Morgan fingerprint density at radius 3 is 2.41 bits per heavy atom. The van der Waals surface area contributed by atoms with Crippen LogP contribution in [0.4, 0.5) is 0 Å². The van der Waals surface area contributed by atoms with Gasteiger partial charge in [-0.25, -0.2) is 0 Å². The molecule has 1 atom stereocenters. The van der Waals surface area contributed by atoms with Crippen LogP contribution in [0.3, 0.4) is 0 Å². The van der Waals surface area contributed by atoms with Crippen LogP contribution in [0.1, 0.15) is 43.4 Å². The molecule has 4 heterocycles. The van der Waals surface area contributed by atoms with Gasteiger partial charge in [0.1, 0.15) is 5.71 Å². The topological polar surface area (TPSA) is 62.2 Å². The monoisotopic (exact) mass is 409 g/mol. The van der Waals surface area contributed by atoms with E-state index in [2.05, 4.69) is 5.16 Å². The van der Waals surface area contributed by atoms with E-state index in [0.29, 0.717) is 23.8 Å². The van der Waals surface area contributed by atoms with E-state index < -0.39 is 6.10 Å². The summed E-state index contributed by atoms with van der Waals surface area (Å²) in [6.45, 7) is 3.01. The van der Waals surface area contributed by atoms with E-state index in [4.69, 9.17) is 16.4 Å². The normalized spacial score (nSPS) is 23.9. The molecule has 1 unspecified atom stereocenters. The van der Waals surface area contributed by atoms with Crippen molar-refractivity contribution < 1.29 is 14.4 Å². The average Bonchev–Trinajstić information content (AvgIpc) is 3.37. The maximum Gasteiger partial charge on any atom is 0.266 e. The quantitative estimate of drug-likeness (QED) is 0.770. The molecule has 3 aliphatic heterocycles. The van der Waals surface area contributed by atoms with Gasteiger partial charge in [-0.05, 0) is 44.2 Å². The van der Waals surface area contributed by atoms with E-state index in [9.17, 15) is 9.59 Å². The first kappa shape index (κ1) is 18.7. The second-order valence-corrected chi connectivity index (χ2v) is 9.14. The Morgan fingerprint density at radius 2 is 1.74 bits per heavy atom. The number of amides is 2. The molecule has 1 aromatic heterocycles. The van der Waals surface area contributed by atoms with Crippen LogP contribution in [0, 0.1) is 5.92 Å². The number of halogens is 1. The van der Waals surface area contributed by atoms with Gasteiger partial charge in [0.05, 0.1) is 9.21 Å². The number of carbonyl (C=O) groups is 2. The first-order valence-electron chi connectivity index (χ1n) is 9.68. The lowest BCUT2D eigenvalue weighted by atomic mass is 9.94. The molecule has 0 N–H and O–H groups in total. The van der Waals surface area contributed by atoms with E-state index in [1.54, 1.807) is 0 Å². The number of hydrogen-bond acceptors (Lipinski definition) is 5. The van der Waals surface area contributed by atoms with Gasteiger partial charge >= 0.3 is 0 Å². The number of carbonyl (C=O) groups excluding carboxylic acids is 2. The fraction of sp³-hybridized carbons (Fsp3) is 0.632. The van der Waals surface area contributed by atoms with E-state index in [1.165, 1.54) is 17.8 Å². The Kier molecular flexibility index (Phi) is 5.68. The van der Waals surface area contributed by atoms with Crippen molar-refractivity contribution in [2.75, 3.05) is 26.2 Å². The summed E-state index contributed by atoms with van der Waals surface area (Å²) < 4.78 is 0.697. The molecule has 27 heavy (non-hydrogen) atoms. The molecular formula is C19H24ClN3O3S.